The van der Waals surface area contributed by atoms with Crippen molar-refractivity contribution >= 4 is 5.97 Å². The Labute approximate surface area is 165 Å². The number of rotatable bonds is 8. The molecule has 2 aromatic carbocycles. The summed E-state index contributed by atoms with van der Waals surface area (Å²) in [5.41, 5.74) is 0.781. The zero-order valence-corrected chi connectivity index (χ0v) is 15.4. The summed E-state index contributed by atoms with van der Waals surface area (Å²) < 4.78 is 45.3. The highest BCUT2D eigenvalue weighted by Gasteiger charge is 2.16. The van der Waals surface area contributed by atoms with Crippen LogP contribution in [0.1, 0.15) is 15.9 Å². The van der Waals surface area contributed by atoms with Crippen molar-refractivity contribution in [3.63, 3.8) is 0 Å². The summed E-state index contributed by atoms with van der Waals surface area (Å²) in [5.74, 6) is 0.245. The van der Waals surface area contributed by atoms with Gasteiger partial charge in [0.2, 0.25) is 0 Å². The van der Waals surface area contributed by atoms with Crippen molar-refractivity contribution in [2.24, 2.45) is 0 Å². The van der Waals surface area contributed by atoms with E-state index in [1.54, 1.807) is 48.8 Å². The number of alkyl halides is 2. The fourth-order valence-electron chi connectivity index (χ4n) is 2.47. The molecule has 0 N–H and O–H groups in total. The third-order valence-electron chi connectivity index (χ3n) is 3.81. The van der Waals surface area contributed by atoms with Crippen molar-refractivity contribution in [1.29, 1.82) is 0 Å². The lowest BCUT2D eigenvalue weighted by Crippen LogP contribution is -2.08. The molecule has 0 unspecified atom stereocenters. The highest BCUT2D eigenvalue weighted by Crippen LogP contribution is 2.30. The number of esters is 1. The number of halogens is 2. The Kier molecular flexibility index (Phi) is 6.57. The van der Waals surface area contributed by atoms with Gasteiger partial charge in [0.05, 0.1) is 18.9 Å². The molecule has 0 radical (unpaired) electrons. The molecule has 29 heavy (non-hydrogen) atoms. The molecule has 0 bridgehead atoms. The zero-order chi connectivity index (χ0) is 20.6. The number of nitrogens with zero attached hydrogens (tertiary/aromatic N) is 1. The van der Waals surface area contributed by atoms with Gasteiger partial charge < -0.3 is 18.9 Å². The summed E-state index contributed by atoms with van der Waals surface area (Å²) in [4.78, 5) is 16.4. The first-order valence-corrected chi connectivity index (χ1v) is 8.52. The molecule has 0 atom stereocenters. The summed E-state index contributed by atoms with van der Waals surface area (Å²) in [7, 11) is 1.29. The Morgan fingerprint density at radius 3 is 2.59 bits per heavy atom. The van der Waals surface area contributed by atoms with Gasteiger partial charge in [-0.2, -0.15) is 8.78 Å². The van der Waals surface area contributed by atoms with Crippen molar-refractivity contribution in [2.75, 3.05) is 7.11 Å². The summed E-state index contributed by atoms with van der Waals surface area (Å²) >= 11 is 0. The van der Waals surface area contributed by atoms with E-state index >= 15 is 0 Å². The monoisotopic (exact) mass is 401 g/mol. The molecule has 0 spiro atoms. The number of hydrogen-bond acceptors (Lipinski definition) is 6. The van der Waals surface area contributed by atoms with Crippen molar-refractivity contribution in [3.8, 4) is 23.0 Å². The van der Waals surface area contributed by atoms with Crippen LogP contribution in [-0.2, 0) is 11.3 Å². The van der Waals surface area contributed by atoms with Gasteiger partial charge in [0.1, 0.15) is 18.1 Å². The second-order valence-electron chi connectivity index (χ2n) is 5.72. The Bertz CT molecular complexity index is 966. The van der Waals surface area contributed by atoms with Gasteiger partial charge in [0, 0.05) is 11.8 Å². The minimum absolute atomic E-state index is 0.0000566. The van der Waals surface area contributed by atoms with Gasteiger partial charge in [0.25, 0.3) is 0 Å². The van der Waals surface area contributed by atoms with Crippen LogP contribution >= 0.6 is 0 Å². The SMILES string of the molecule is COc1cc(C(=O)OCc2ccccc2Oc2cccnc2)ccc1OC(F)F. The van der Waals surface area contributed by atoms with E-state index in [1.165, 1.54) is 25.3 Å². The summed E-state index contributed by atoms with van der Waals surface area (Å²) in [5, 5.41) is 0. The van der Waals surface area contributed by atoms with Gasteiger partial charge in [-0.3, -0.25) is 4.98 Å². The van der Waals surface area contributed by atoms with E-state index in [4.69, 9.17) is 14.2 Å². The molecule has 3 aromatic rings. The maximum atomic E-state index is 12.4. The van der Waals surface area contributed by atoms with Gasteiger partial charge >= 0.3 is 12.6 Å². The maximum absolute atomic E-state index is 12.4. The average Bonchev–Trinajstić information content (AvgIpc) is 2.73. The van der Waals surface area contributed by atoms with Gasteiger partial charge in [-0.15, -0.1) is 0 Å². The van der Waals surface area contributed by atoms with Crippen LogP contribution in [0.2, 0.25) is 0 Å². The summed E-state index contributed by atoms with van der Waals surface area (Å²) in [6, 6.07) is 14.4. The highest BCUT2D eigenvalue weighted by atomic mass is 19.3. The van der Waals surface area contributed by atoms with E-state index in [-0.39, 0.29) is 23.7 Å². The van der Waals surface area contributed by atoms with Crippen LogP contribution in [-0.4, -0.2) is 24.7 Å². The molecule has 0 aliphatic carbocycles. The van der Waals surface area contributed by atoms with Crippen molar-refractivity contribution in [3.05, 3.63) is 78.1 Å². The van der Waals surface area contributed by atoms with Crippen LogP contribution < -0.4 is 14.2 Å². The van der Waals surface area contributed by atoms with E-state index in [9.17, 15) is 13.6 Å². The number of aromatic nitrogens is 1. The fraction of sp³-hybridized carbons (Fsp3) is 0.143. The Hall–Kier alpha value is -3.68. The van der Waals surface area contributed by atoms with E-state index < -0.39 is 12.6 Å². The van der Waals surface area contributed by atoms with E-state index in [0.717, 1.165) is 0 Å². The first-order chi connectivity index (χ1) is 14.1. The smallest absolute Gasteiger partial charge is 0.387 e. The molecule has 0 fully saturated rings. The van der Waals surface area contributed by atoms with Gasteiger partial charge in [0.15, 0.2) is 11.5 Å². The van der Waals surface area contributed by atoms with Gasteiger partial charge in [-0.1, -0.05) is 18.2 Å². The highest BCUT2D eigenvalue weighted by molar-refractivity contribution is 5.90. The lowest BCUT2D eigenvalue weighted by atomic mass is 10.2. The summed E-state index contributed by atoms with van der Waals surface area (Å²) in [6.45, 7) is -3.05. The minimum Gasteiger partial charge on any atom is -0.493 e. The summed E-state index contributed by atoms with van der Waals surface area (Å²) in [6.07, 6.45) is 3.20. The molecule has 150 valence electrons. The van der Waals surface area contributed by atoms with Crippen molar-refractivity contribution in [2.45, 2.75) is 13.2 Å². The number of benzene rings is 2. The average molecular weight is 401 g/mol. The molecular weight excluding hydrogens is 384 g/mol. The number of ether oxygens (including phenoxy) is 4. The predicted molar refractivity (Wildman–Crippen MR) is 99.5 cm³/mol. The largest absolute Gasteiger partial charge is 0.493 e. The molecule has 6 nitrogen and oxygen atoms in total. The predicted octanol–water partition coefficient (Wildman–Crippen LogP) is 4.84. The van der Waals surface area contributed by atoms with E-state index in [1.807, 2.05) is 0 Å². The standard InChI is InChI=1S/C21H17F2NO5/c1-26-19-11-14(8-9-18(19)29-21(22)23)20(25)27-13-15-5-2-3-7-17(15)28-16-6-4-10-24-12-16/h2-12,21H,13H2,1H3. The van der Waals surface area contributed by atoms with Crippen LogP contribution in [0.15, 0.2) is 67.0 Å². The second-order valence-corrected chi connectivity index (χ2v) is 5.72. The first-order valence-electron chi connectivity index (χ1n) is 8.52. The van der Waals surface area contributed by atoms with Crippen molar-refractivity contribution < 1.29 is 32.5 Å². The third kappa shape index (κ3) is 5.41. The lowest BCUT2D eigenvalue weighted by Gasteiger charge is -2.13. The number of carbonyl (C=O) groups excluding carboxylic acids is 1. The molecule has 0 saturated carbocycles. The maximum Gasteiger partial charge on any atom is 0.387 e. The van der Waals surface area contributed by atoms with Crippen LogP contribution in [0.4, 0.5) is 8.78 Å². The Morgan fingerprint density at radius 2 is 1.86 bits per heavy atom. The van der Waals surface area contributed by atoms with Gasteiger partial charge in [-0.25, -0.2) is 4.79 Å². The molecule has 3 rings (SSSR count). The quantitative estimate of drug-likeness (QED) is 0.503. The van der Waals surface area contributed by atoms with Crippen molar-refractivity contribution in [1.82, 2.24) is 4.98 Å². The van der Waals surface area contributed by atoms with Gasteiger partial charge in [-0.05, 0) is 36.4 Å². The molecule has 0 saturated heterocycles. The third-order valence-corrected chi connectivity index (χ3v) is 3.81. The number of methoxy groups -OCH3 is 1. The second kappa shape index (κ2) is 9.50. The lowest BCUT2D eigenvalue weighted by molar-refractivity contribution is -0.0512. The normalized spacial score (nSPS) is 10.5. The first kappa shape index (κ1) is 20.1. The molecule has 0 amide bonds. The van der Waals surface area contributed by atoms with Crippen LogP contribution in [0, 0.1) is 0 Å². The topological polar surface area (TPSA) is 66.9 Å². The molecule has 0 aliphatic rings. The molecule has 0 aliphatic heterocycles. The molecular formula is C21H17F2NO5. The number of carbonyl (C=O) groups is 1. The molecule has 8 heteroatoms. The van der Waals surface area contributed by atoms with Crippen LogP contribution in [0.3, 0.4) is 0 Å². The fourth-order valence-corrected chi connectivity index (χ4v) is 2.47. The zero-order valence-electron chi connectivity index (χ0n) is 15.4. The van der Waals surface area contributed by atoms with E-state index in [0.29, 0.717) is 17.1 Å². The van der Waals surface area contributed by atoms with E-state index in [2.05, 4.69) is 9.72 Å². The Morgan fingerprint density at radius 1 is 1.03 bits per heavy atom. The molecule has 1 aromatic heterocycles. The minimum atomic E-state index is -3.00. The number of pyridine rings is 1. The Balaban J connectivity index is 1.70. The van der Waals surface area contributed by atoms with Crippen LogP contribution in [0.25, 0.3) is 0 Å². The number of para-hydroxylation sites is 1. The molecule has 1 heterocycles. The van der Waals surface area contributed by atoms with Crippen LogP contribution in [0.5, 0.6) is 23.0 Å². The number of hydrogen-bond donors (Lipinski definition) is 0.